The Labute approximate surface area is 82.2 Å². The quantitative estimate of drug-likeness (QED) is 0.401. The monoisotopic (exact) mass is 190 g/mol. The van der Waals surface area contributed by atoms with Gasteiger partial charge in [0, 0.05) is 6.20 Å². The number of carbonyl (C=O) groups excluding carboxylic acids is 1. The summed E-state index contributed by atoms with van der Waals surface area (Å²) in [6.45, 7) is 1.96. The third-order valence-corrected chi connectivity index (χ3v) is 1.57. The topological polar surface area (TPSA) is 62.1 Å². The largest absolute Gasteiger partial charge is 0.462 e. The third-order valence-electron chi connectivity index (χ3n) is 1.57. The molecule has 0 unspecified atom stereocenters. The van der Waals surface area contributed by atoms with Crippen LogP contribution in [0.1, 0.15) is 6.92 Å². The summed E-state index contributed by atoms with van der Waals surface area (Å²) in [5, 5.41) is 11.6. The minimum atomic E-state index is -0.600. The summed E-state index contributed by atoms with van der Waals surface area (Å²) in [4.78, 5) is 11.3. The molecule has 0 radical (unpaired) electrons. The first-order valence-electron chi connectivity index (χ1n) is 4.20. The van der Waals surface area contributed by atoms with Crippen molar-refractivity contribution >= 4 is 5.97 Å². The van der Waals surface area contributed by atoms with E-state index in [-0.39, 0.29) is 12.2 Å². The molecule has 0 atom stereocenters. The zero-order valence-corrected chi connectivity index (χ0v) is 7.78. The highest BCUT2D eigenvalue weighted by Gasteiger charge is 2.14. The van der Waals surface area contributed by atoms with E-state index in [4.69, 9.17) is 10.00 Å². The molecule has 1 aliphatic heterocycles. The Balaban J connectivity index is 2.91. The summed E-state index contributed by atoms with van der Waals surface area (Å²) in [5.41, 5.74) is 0.459. The number of nitriles is 1. The SMILES string of the molecule is CCOC(=O)/C(C#N)=C1/C=CC=CN1. The number of nitrogens with zero attached hydrogens (tertiary/aromatic N) is 1. The first-order chi connectivity index (χ1) is 6.79. The second-order valence-electron chi connectivity index (χ2n) is 2.48. The van der Waals surface area contributed by atoms with E-state index >= 15 is 0 Å². The highest BCUT2D eigenvalue weighted by Crippen LogP contribution is 2.07. The predicted molar refractivity (Wildman–Crippen MR) is 50.7 cm³/mol. The fourth-order valence-corrected chi connectivity index (χ4v) is 0.968. The number of carbonyl (C=O) groups is 1. The molecule has 4 nitrogen and oxygen atoms in total. The molecule has 0 saturated carbocycles. The van der Waals surface area contributed by atoms with E-state index in [0.717, 1.165) is 0 Å². The van der Waals surface area contributed by atoms with Gasteiger partial charge in [-0.25, -0.2) is 4.79 Å². The van der Waals surface area contributed by atoms with Crippen molar-refractivity contribution in [3.63, 3.8) is 0 Å². The fraction of sp³-hybridized carbons (Fsp3) is 0.200. The first kappa shape index (κ1) is 10.1. The van der Waals surface area contributed by atoms with Crippen molar-refractivity contribution in [1.82, 2.24) is 5.32 Å². The minimum Gasteiger partial charge on any atom is -0.462 e. The number of dihydropyridines is 1. The molecular weight excluding hydrogens is 180 g/mol. The normalized spacial score (nSPS) is 16.9. The lowest BCUT2D eigenvalue weighted by molar-refractivity contribution is -0.138. The van der Waals surface area contributed by atoms with Crippen LogP contribution in [0.15, 0.2) is 35.7 Å². The highest BCUT2D eigenvalue weighted by atomic mass is 16.5. The Morgan fingerprint density at radius 2 is 2.43 bits per heavy atom. The van der Waals surface area contributed by atoms with Gasteiger partial charge in [0.1, 0.15) is 6.07 Å². The van der Waals surface area contributed by atoms with Crippen LogP contribution >= 0.6 is 0 Å². The van der Waals surface area contributed by atoms with Gasteiger partial charge in [0.15, 0.2) is 5.57 Å². The van der Waals surface area contributed by atoms with Gasteiger partial charge in [-0.2, -0.15) is 5.26 Å². The van der Waals surface area contributed by atoms with Gasteiger partial charge >= 0.3 is 5.97 Å². The molecule has 0 aromatic heterocycles. The Morgan fingerprint density at radius 3 is 2.93 bits per heavy atom. The fourth-order valence-electron chi connectivity index (χ4n) is 0.968. The maximum atomic E-state index is 11.3. The molecule has 0 amide bonds. The summed E-state index contributed by atoms with van der Waals surface area (Å²) in [6.07, 6.45) is 6.80. The molecular formula is C10H10N2O2. The molecule has 0 aromatic carbocycles. The summed E-state index contributed by atoms with van der Waals surface area (Å²) < 4.78 is 4.73. The minimum absolute atomic E-state index is 0.00699. The molecule has 0 spiro atoms. The maximum absolute atomic E-state index is 11.3. The van der Waals surface area contributed by atoms with Crippen LogP contribution in [0, 0.1) is 11.3 Å². The number of esters is 1. The average Bonchev–Trinajstić information content (AvgIpc) is 2.21. The molecule has 0 fully saturated rings. The lowest BCUT2D eigenvalue weighted by atomic mass is 10.2. The smallest absolute Gasteiger partial charge is 0.351 e. The second kappa shape index (κ2) is 4.87. The van der Waals surface area contributed by atoms with E-state index < -0.39 is 5.97 Å². The van der Waals surface area contributed by atoms with Crippen LogP contribution < -0.4 is 5.32 Å². The van der Waals surface area contributed by atoms with Crippen LogP contribution in [0.25, 0.3) is 0 Å². The Bertz CT molecular complexity index is 359. The van der Waals surface area contributed by atoms with E-state index in [9.17, 15) is 4.79 Å². The Hall–Kier alpha value is -2.02. The van der Waals surface area contributed by atoms with Crippen molar-refractivity contribution in [2.45, 2.75) is 6.92 Å². The molecule has 1 N–H and O–H groups in total. The van der Waals surface area contributed by atoms with Gasteiger partial charge in [0.25, 0.3) is 0 Å². The van der Waals surface area contributed by atoms with E-state index in [2.05, 4.69) is 5.32 Å². The van der Waals surface area contributed by atoms with Gasteiger partial charge in [-0.3, -0.25) is 0 Å². The summed E-state index contributed by atoms with van der Waals surface area (Å²) in [5.74, 6) is -0.600. The van der Waals surface area contributed by atoms with Crippen LogP contribution in [0.3, 0.4) is 0 Å². The zero-order valence-electron chi connectivity index (χ0n) is 7.78. The van der Waals surface area contributed by atoms with Gasteiger partial charge < -0.3 is 10.1 Å². The first-order valence-corrected chi connectivity index (χ1v) is 4.20. The van der Waals surface area contributed by atoms with E-state index in [1.165, 1.54) is 0 Å². The van der Waals surface area contributed by atoms with Crippen LogP contribution in [-0.2, 0) is 9.53 Å². The summed E-state index contributed by atoms with van der Waals surface area (Å²) in [7, 11) is 0. The number of hydrogen-bond acceptors (Lipinski definition) is 4. The number of nitrogens with one attached hydrogen (secondary N) is 1. The number of ether oxygens (including phenoxy) is 1. The van der Waals surface area contributed by atoms with Crippen molar-refractivity contribution in [1.29, 1.82) is 5.26 Å². The molecule has 1 rings (SSSR count). The predicted octanol–water partition coefficient (Wildman–Crippen LogP) is 1.00. The van der Waals surface area contributed by atoms with Crippen molar-refractivity contribution in [3.05, 3.63) is 35.7 Å². The zero-order chi connectivity index (χ0) is 10.4. The second-order valence-corrected chi connectivity index (χ2v) is 2.48. The summed E-state index contributed by atoms with van der Waals surface area (Å²) in [6, 6.07) is 1.81. The molecule has 14 heavy (non-hydrogen) atoms. The van der Waals surface area contributed by atoms with Crippen LogP contribution in [-0.4, -0.2) is 12.6 Å². The van der Waals surface area contributed by atoms with E-state index in [1.807, 2.05) is 6.07 Å². The third kappa shape index (κ3) is 2.23. The van der Waals surface area contributed by atoms with Crippen LogP contribution in [0.5, 0.6) is 0 Å². The molecule has 0 aliphatic carbocycles. The maximum Gasteiger partial charge on any atom is 0.351 e. The van der Waals surface area contributed by atoms with Crippen molar-refractivity contribution in [2.24, 2.45) is 0 Å². The van der Waals surface area contributed by atoms with Crippen molar-refractivity contribution < 1.29 is 9.53 Å². The number of hydrogen-bond donors (Lipinski definition) is 1. The Kier molecular flexibility index (Phi) is 3.50. The molecule has 1 heterocycles. The lowest BCUT2D eigenvalue weighted by Gasteiger charge is -2.07. The standard InChI is InChI=1S/C10H10N2O2/c1-2-14-10(13)8(7-11)9-5-3-4-6-12-9/h3-6,12H,2H2,1H3/b9-8-. The highest BCUT2D eigenvalue weighted by molar-refractivity contribution is 5.94. The average molecular weight is 190 g/mol. The lowest BCUT2D eigenvalue weighted by Crippen LogP contribution is -2.15. The van der Waals surface area contributed by atoms with Crippen molar-refractivity contribution in [2.75, 3.05) is 6.61 Å². The molecule has 4 heteroatoms. The van der Waals surface area contributed by atoms with Crippen LogP contribution in [0.2, 0.25) is 0 Å². The van der Waals surface area contributed by atoms with Gasteiger partial charge in [0.2, 0.25) is 0 Å². The molecule has 0 aromatic rings. The molecule has 0 bridgehead atoms. The number of allylic oxidation sites excluding steroid dienone is 3. The van der Waals surface area contributed by atoms with Gasteiger partial charge in [-0.15, -0.1) is 0 Å². The molecule has 0 saturated heterocycles. The van der Waals surface area contributed by atoms with Crippen molar-refractivity contribution in [3.8, 4) is 6.07 Å². The molecule has 1 aliphatic rings. The Morgan fingerprint density at radius 1 is 1.64 bits per heavy atom. The van der Waals surface area contributed by atoms with Crippen LogP contribution in [0.4, 0.5) is 0 Å². The summed E-state index contributed by atoms with van der Waals surface area (Å²) >= 11 is 0. The molecule has 72 valence electrons. The van der Waals surface area contributed by atoms with E-state index in [1.54, 1.807) is 31.4 Å². The number of rotatable bonds is 2. The van der Waals surface area contributed by atoms with Gasteiger partial charge in [-0.05, 0) is 19.1 Å². The van der Waals surface area contributed by atoms with Gasteiger partial charge in [-0.1, -0.05) is 6.08 Å². The van der Waals surface area contributed by atoms with Gasteiger partial charge in [0.05, 0.1) is 12.3 Å². The van der Waals surface area contributed by atoms with E-state index in [0.29, 0.717) is 5.70 Å².